The minimum absolute atomic E-state index is 0.0286. The van der Waals surface area contributed by atoms with Crippen molar-refractivity contribution in [2.45, 2.75) is 46.5 Å². The van der Waals surface area contributed by atoms with E-state index in [1.54, 1.807) is 0 Å². The lowest BCUT2D eigenvalue weighted by Gasteiger charge is -2.15. The molecule has 2 aromatic carbocycles. The summed E-state index contributed by atoms with van der Waals surface area (Å²) in [6.07, 6.45) is 1.48. The van der Waals surface area contributed by atoms with Crippen LogP contribution in [-0.4, -0.2) is 5.91 Å². The summed E-state index contributed by atoms with van der Waals surface area (Å²) in [4.78, 5) is 12.4. The number of hydrogen-bond donors (Lipinski definition) is 2. The first-order valence-corrected chi connectivity index (χ1v) is 9.21. The predicted molar refractivity (Wildman–Crippen MR) is 112 cm³/mol. The van der Waals surface area contributed by atoms with Gasteiger partial charge in [0.1, 0.15) is 11.6 Å². The maximum atomic E-state index is 12.4. The quantitative estimate of drug-likeness (QED) is 0.512. The molecule has 0 aliphatic carbocycles. The van der Waals surface area contributed by atoms with E-state index in [1.807, 2.05) is 49.4 Å². The van der Waals surface area contributed by atoms with Gasteiger partial charge in [0.05, 0.1) is 0 Å². The first kappa shape index (κ1) is 20.3. The van der Waals surface area contributed by atoms with E-state index in [2.05, 4.69) is 44.4 Å². The Morgan fingerprint density at radius 1 is 1.04 bits per heavy atom. The largest absolute Gasteiger partial charge is 0.360 e. The molecular weight excluding hydrogens is 334 g/mol. The first-order chi connectivity index (χ1) is 12.8. The maximum Gasteiger partial charge on any atom is 0.267 e. The Hall–Kier alpha value is -3.06. The van der Waals surface area contributed by atoms with Crippen LogP contribution in [0.4, 0.5) is 11.4 Å². The number of nitrogens with zero attached hydrogens (tertiary/aromatic N) is 1. The number of rotatable bonds is 6. The lowest BCUT2D eigenvalue weighted by molar-refractivity contribution is -0.112. The van der Waals surface area contributed by atoms with Crippen LogP contribution in [0.2, 0.25) is 0 Å². The molecule has 2 N–H and O–H groups in total. The number of aryl methyl sites for hydroxylation is 1. The lowest BCUT2D eigenvalue weighted by atomic mass is 9.98. The highest BCUT2D eigenvalue weighted by Gasteiger charge is 2.12. The van der Waals surface area contributed by atoms with Crippen molar-refractivity contribution in [3.05, 3.63) is 70.9 Å². The molecule has 0 aromatic heterocycles. The molecule has 0 atom stereocenters. The van der Waals surface area contributed by atoms with Gasteiger partial charge in [0.25, 0.3) is 5.91 Å². The van der Waals surface area contributed by atoms with Crippen LogP contribution in [-0.2, 0) is 4.79 Å². The van der Waals surface area contributed by atoms with Gasteiger partial charge in [0.2, 0.25) is 0 Å². The Bertz CT molecular complexity index is 871. The van der Waals surface area contributed by atoms with E-state index in [4.69, 9.17) is 0 Å². The first-order valence-electron chi connectivity index (χ1n) is 9.21. The summed E-state index contributed by atoms with van der Waals surface area (Å²) < 4.78 is 0. The Balaban J connectivity index is 2.17. The molecule has 27 heavy (non-hydrogen) atoms. The number of para-hydroxylation sites is 1. The van der Waals surface area contributed by atoms with Crippen molar-refractivity contribution in [3.8, 4) is 6.07 Å². The fraction of sp³-hybridized carbons (Fsp3) is 0.304. The lowest BCUT2D eigenvalue weighted by Crippen LogP contribution is -2.15. The molecule has 0 spiro atoms. The summed E-state index contributed by atoms with van der Waals surface area (Å²) in [6, 6.07) is 15.7. The summed E-state index contributed by atoms with van der Waals surface area (Å²) in [5.41, 5.74) is 5.05. The van der Waals surface area contributed by atoms with Gasteiger partial charge in [-0.25, -0.2) is 0 Å². The van der Waals surface area contributed by atoms with Crippen molar-refractivity contribution < 1.29 is 4.79 Å². The Kier molecular flexibility index (Phi) is 6.79. The number of carbonyl (C=O) groups excluding carboxylic acids is 1. The van der Waals surface area contributed by atoms with E-state index in [1.165, 1.54) is 11.8 Å². The third-order valence-electron chi connectivity index (χ3n) is 4.49. The topological polar surface area (TPSA) is 64.9 Å². The normalized spacial score (nSPS) is 11.4. The fourth-order valence-corrected chi connectivity index (χ4v) is 2.81. The van der Waals surface area contributed by atoms with Crippen LogP contribution in [0.1, 0.15) is 56.2 Å². The molecule has 0 bridgehead atoms. The second kappa shape index (κ2) is 9.05. The van der Waals surface area contributed by atoms with Gasteiger partial charge in [0.15, 0.2) is 0 Å². The van der Waals surface area contributed by atoms with Crippen LogP contribution in [0, 0.1) is 18.3 Å². The average molecular weight is 361 g/mol. The van der Waals surface area contributed by atoms with Crippen molar-refractivity contribution in [1.29, 1.82) is 5.26 Å². The van der Waals surface area contributed by atoms with E-state index in [9.17, 15) is 10.1 Å². The zero-order chi connectivity index (χ0) is 20.0. The van der Waals surface area contributed by atoms with Crippen LogP contribution in [0.15, 0.2) is 54.2 Å². The molecular formula is C23H27N3O. The number of benzene rings is 2. The molecule has 0 unspecified atom stereocenters. The van der Waals surface area contributed by atoms with Gasteiger partial charge in [-0.1, -0.05) is 58.0 Å². The van der Waals surface area contributed by atoms with Crippen LogP contribution >= 0.6 is 0 Å². The summed E-state index contributed by atoms with van der Waals surface area (Å²) in [5, 5.41) is 15.3. The highest BCUT2D eigenvalue weighted by molar-refractivity contribution is 6.06. The van der Waals surface area contributed by atoms with Crippen molar-refractivity contribution in [3.63, 3.8) is 0 Å². The Labute approximate surface area is 161 Å². The third-order valence-corrected chi connectivity index (χ3v) is 4.49. The van der Waals surface area contributed by atoms with Crippen LogP contribution in [0.25, 0.3) is 0 Å². The van der Waals surface area contributed by atoms with E-state index in [-0.39, 0.29) is 5.57 Å². The van der Waals surface area contributed by atoms with Crippen LogP contribution < -0.4 is 10.6 Å². The molecule has 4 heteroatoms. The Morgan fingerprint density at radius 2 is 1.70 bits per heavy atom. The van der Waals surface area contributed by atoms with E-state index >= 15 is 0 Å². The minimum atomic E-state index is -0.429. The SMILES string of the molecule is Cc1cccc(C(C)C)c1N/C=C(/C#N)C(=O)Nc1ccc(C(C)C)cc1. The molecule has 0 saturated carbocycles. The number of carbonyl (C=O) groups is 1. The molecule has 1 amide bonds. The van der Waals surface area contributed by atoms with Crippen LogP contribution in [0.3, 0.4) is 0 Å². The molecule has 2 rings (SSSR count). The second-order valence-corrected chi connectivity index (χ2v) is 7.24. The highest BCUT2D eigenvalue weighted by Crippen LogP contribution is 2.27. The minimum Gasteiger partial charge on any atom is -0.360 e. The number of nitriles is 1. The summed E-state index contributed by atoms with van der Waals surface area (Å²) in [7, 11) is 0. The summed E-state index contributed by atoms with van der Waals surface area (Å²) in [5.74, 6) is 0.333. The fourth-order valence-electron chi connectivity index (χ4n) is 2.81. The van der Waals surface area contributed by atoms with Gasteiger partial charge in [-0.15, -0.1) is 0 Å². The molecule has 0 aliphatic rings. The van der Waals surface area contributed by atoms with Gasteiger partial charge >= 0.3 is 0 Å². The zero-order valence-electron chi connectivity index (χ0n) is 16.6. The van der Waals surface area contributed by atoms with Gasteiger partial charge < -0.3 is 10.6 Å². The van der Waals surface area contributed by atoms with Gasteiger partial charge in [-0.05, 0) is 47.6 Å². The second-order valence-electron chi connectivity index (χ2n) is 7.24. The Morgan fingerprint density at radius 3 is 2.26 bits per heavy atom. The molecule has 4 nitrogen and oxygen atoms in total. The summed E-state index contributed by atoms with van der Waals surface area (Å²) >= 11 is 0. The molecule has 0 saturated heterocycles. The number of nitrogens with one attached hydrogen (secondary N) is 2. The van der Waals surface area contributed by atoms with Gasteiger partial charge in [0, 0.05) is 17.6 Å². The molecule has 0 aliphatic heterocycles. The average Bonchev–Trinajstić information content (AvgIpc) is 2.63. The van der Waals surface area contributed by atoms with E-state index in [0.29, 0.717) is 17.5 Å². The smallest absolute Gasteiger partial charge is 0.267 e. The summed E-state index contributed by atoms with van der Waals surface area (Å²) in [6.45, 7) is 10.5. The van der Waals surface area contributed by atoms with E-state index < -0.39 is 5.91 Å². The van der Waals surface area contributed by atoms with Gasteiger partial charge in [-0.2, -0.15) is 5.26 Å². The van der Waals surface area contributed by atoms with Crippen LogP contribution in [0.5, 0.6) is 0 Å². The molecule has 2 aromatic rings. The molecule has 0 fully saturated rings. The van der Waals surface area contributed by atoms with Crippen molar-refractivity contribution in [2.24, 2.45) is 0 Å². The number of amides is 1. The third kappa shape index (κ3) is 5.21. The monoisotopic (exact) mass is 361 g/mol. The van der Waals surface area contributed by atoms with E-state index in [0.717, 1.165) is 16.8 Å². The molecule has 0 heterocycles. The molecule has 0 radical (unpaired) electrons. The standard InChI is InChI=1S/C23H27N3O/c1-15(2)18-9-11-20(12-10-18)26-23(27)19(13-24)14-25-22-17(5)7-6-8-21(22)16(3)4/h6-12,14-16,25H,1-5H3,(H,26,27)/b19-14-. The maximum absolute atomic E-state index is 12.4. The highest BCUT2D eigenvalue weighted by atomic mass is 16.1. The van der Waals surface area contributed by atoms with Gasteiger partial charge in [-0.3, -0.25) is 4.79 Å². The number of hydrogen-bond acceptors (Lipinski definition) is 3. The van der Waals surface area contributed by atoms with Crippen molar-refractivity contribution >= 4 is 17.3 Å². The van der Waals surface area contributed by atoms with Crippen molar-refractivity contribution in [2.75, 3.05) is 10.6 Å². The number of anilines is 2. The molecule has 140 valence electrons. The van der Waals surface area contributed by atoms with Crippen molar-refractivity contribution in [1.82, 2.24) is 0 Å². The predicted octanol–water partition coefficient (Wildman–Crippen LogP) is 5.70. The zero-order valence-corrected chi connectivity index (χ0v) is 16.6.